The first kappa shape index (κ1) is 11.8. The molecular weight excluding hydrogens is 196 g/mol. The standard InChI is InChI=1S/C9H16N4O2/c1-7-4-13(5-8(7)6-15-2)9(14)3-11-12-10/h7-8H,3-6H2,1-2H3/t7-,8-/m1/s1. The number of nitrogens with zero attached hydrogens (tertiary/aromatic N) is 4. The van der Waals surface area contributed by atoms with Gasteiger partial charge in [0.05, 0.1) is 6.61 Å². The molecule has 0 bridgehead atoms. The van der Waals surface area contributed by atoms with Crippen LogP contribution in [0.5, 0.6) is 0 Å². The number of azide groups is 1. The lowest BCUT2D eigenvalue weighted by atomic mass is 10.00. The van der Waals surface area contributed by atoms with Crippen molar-refractivity contribution in [2.45, 2.75) is 6.92 Å². The molecule has 0 N–H and O–H groups in total. The molecule has 0 unspecified atom stereocenters. The normalized spacial score (nSPS) is 25.1. The second kappa shape index (κ2) is 5.58. The van der Waals surface area contributed by atoms with Crippen molar-refractivity contribution in [3.63, 3.8) is 0 Å². The first-order valence-electron chi connectivity index (χ1n) is 4.96. The van der Waals surface area contributed by atoms with Gasteiger partial charge in [-0.05, 0) is 11.4 Å². The number of hydrogen-bond acceptors (Lipinski definition) is 3. The fraction of sp³-hybridized carbons (Fsp3) is 0.889. The molecule has 0 aliphatic carbocycles. The lowest BCUT2D eigenvalue weighted by molar-refractivity contribution is -0.128. The van der Waals surface area contributed by atoms with Crippen molar-refractivity contribution < 1.29 is 9.53 Å². The Bertz CT molecular complexity index is 275. The number of ether oxygens (including phenoxy) is 1. The topological polar surface area (TPSA) is 78.3 Å². The molecule has 15 heavy (non-hydrogen) atoms. The molecule has 0 aromatic rings. The molecule has 0 aromatic heterocycles. The van der Waals surface area contributed by atoms with Gasteiger partial charge in [0.15, 0.2) is 0 Å². The van der Waals surface area contributed by atoms with Gasteiger partial charge in [0.25, 0.3) is 0 Å². The Hall–Kier alpha value is -1.26. The van der Waals surface area contributed by atoms with Gasteiger partial charge < -0.3 is 9.64 Å². The predicted molar refractivity (Wildman–Crippen MR) is 55.1 cm³/mol. The highest BCUT2D eigenvalue weighted by atomic mass is 16.5. The molecule has 6 heteroatoms. The summed E-state index contributed by atoms with van der Waals surface area (Å²) in [5, 5.41) is 3.27. The van der Waals surface area contributed by atoms with Gasteiger partial charge in [-0.2, -0.15) is 0 Å². The lowest BCUT2D eigenvalue weighted by Gasteiger charge is -2.14. The van der Waals surface area contributed by atoms with E-state index < -0.39 is 0 Å². The van der Waals surface area contributed by atoms with Crippen molar-refractivity contribution in [1.29, 1.82) is 0 Å². The zero-order valence-electron chi connectivity index (χ0n) is 9.09. The number of carbonyl (C=O) groups excluding carboxylic acids is 1. The highest BCUT2D eigenvalue weighted by Crippen LogP contribution is 2.22. The average molecular weight is 212 g/mol. The molecule has 0 radical (unpaired) electrons. The molecule has 0 saturated carbocycles. The summed E-state index contributed by atoms with van der Waals surface area (Å²) in [4.78, 5) is 15.8. The average Bonchev–Trinajstić information content (AvgIpc) is 2.58. The molecule has 1 heterocycles. The van der Waals surface area contributed by atoms with Crippen molar-refractivity contribution in [3.05, 3.63) is 10.4 Å². The molecule has 1 aliphatic heterocycles. The monoisotopic (exact) mass is 212 g/mol. The van der Waals surface area contributed by atoms with Crippen LogP contribution in [0.3, 0.4) is 0 Å². The molecule has 0 spiro atoms. The van der Waals surface area contributed by atoms with Crippen molar-refractivity contribution >= 4 is 5.91 Å². The summed E-state index contributed by atoms with van der Waals surface area (Å²) in [6, 6.07) is 0. The molecule has 1 aliphatic rings. The molecular formula is C9H16N4O2. The van der Waals surface area contributed by atoms with Gasteiger partial charge in [0.1, 0.15) is 6.54 Å². The predicted octanol–water partition coefficient (Wildman–Crippen LogP) is 1.04. The van der Waals surface area contributed by atoms with Gasteiger partial charge in [-0.3, -0.25) is 4.79 Å². The third-order valence-corrected chi connectivity index (χ3v) is 2.77. The number of amides is 1. The van der Waals surface area contributed by atoms with Gasteiger partial charge in [-0.1, -0.05) is 12.0 Å². The van der Waals surface area contributed by atoms with Crippen molar-refractivity contribution in [1.82, 2.24) is 4.90 Å². The fourth-order valence-electron chi connectivity index (χ4n) is 1.86. The summed E-state index contributed by atoms with van der Waals surface area (Å²) in [7, 11) is 1.66. The minimum Gasteiger partial charge on any atom is -0.384 e. The van der Waals surface area contributed by atoms with Crippen molar-refractivity contribution in [2.24, 2.45) is 17.0 Å². The lowest BCUT2D eigenvalue weighted by Crippen LogP contribution is -2.31. The van der Waals surface area contributed by atoms with Crippen LogP contribution in [0, 0.1) is 11.8 Å². The summed E-state index contributed by atoms with van der Waals surface area (Å²) in [6.07, 6.45) is 0. The number of hydrogen-bond donors (Lipinski definition) is 0. The van der Waals surface area contributed by atoms with Crippen LogP contribution >= 0.6 is 0 Å². The SMILES string of the molecule is COC[C@H]1CN(C(=O)CN=[N+]=[N-])C[C@H]1C. The number of likely N-dealkylation sites (tertiary alicyclic amines) is 1. The second-order valence-corrected chi connectivity index (χ2v) is 3.88. The highest BCUT2D eigenvalue weighted by Gasteiger charge is 2.31. The first-order valence-corrected chi connectivity index (χ1v) is 4.96. The molecule has 84 valence electrons. The van der Waals surface area contributed by atoms with Gasteiger partial charge in [0, 0.05) is 31.0 Å². The molecule has 1 amide bonds. The second-order valence-electron chi connectivity index (χ2n) is 3.88. The van der Waals surface area contributed by atoms with Crippen LogP contribution in [-0.2, 0) is 9.53 Å². The van der Waals surface area contributed by atoms with Crippen molar-refractivity contribution in [2.75, 3.05) is 33.4 Å². The van der Waals surface area contributed by atoms with Crippen LogP contribution in [0.4, 0.5) is 0 Å². The Balaban J connectivity index is 2.46. The molecule has 1 saturated heterocycles. The van der Waals surface area contributed by atoms with Crippen LogP contribution in [0.15, 0.2) is 5.11 Å². The van der Waals surface area contributed by atoms with E-state index in [2.05, 4.69) is 16.9 Å². The number of carbonyl (C=O) groups is 1. The van der Waals surface area contributed by atoms with Gasteiger partial charge in [-0.15, -0.1) is 0 Å². The summed E-state index contributed by atoms with van der Waals surface area (Å²) in [6.45, 7) is 4.13. The Labute approximate surface area is 88.8 Å². The van der Waals surface area contributed by atoms with Crippen LogP contribution in [0.2, 0.25) is 0 Å². The van der Waals surface area contributed by atoms with E-state index in [-0.39, 0.29) is 12.5 Å². The maximum atomic E-state index is 11.5. The van der Waals surface area contributed by atoms with Crippen LogP contribution in [0.25, 0.3) is 10.4 Å². The molecule has 6 nitrogen and oxygen atoms in total. The Morgan fingerprint density at radius 2 is 2.40 bits per heavy atom. The van der Waals surface area contributed by atoms with E-state index in [1.54, 1.807) is 12.0 Å². The summed E-state index contributed by atoms with van der Waals surface area (Å²) < 4.78 is 5.09. The molecule has 1 rings (SSSR count). The van der Waals surface area contributed by atoms with E-state index >= 15 is 0 Å². The summed E-state index contributed by atoms with van der Waals surface area (Å²) >= 11 is 0. The van der Waals surface area contributed by atoms with Gasteiger partial charge in [0.2, 0.25) is 5.91 Å². The van der Waals surface area contributed by atoms with E-state index in [4.69, 9.17) is 10.3 Å². The van der Waals surface area contributed by atoms with E-state index in [9.17, 15) is 4.79 Å². The quantitative estimate of drug-likeness (QED) is 0.396. The maximum Gasteiger partial charge on any atom is 0.228 e. The van der Waals surface area contributed by atoms with Gasteiger partial charge in [-0.25, -0.2) is 0 Å². The fourth-order valence-corrected chi connectivity index (χ4v) is 1.86. The molecule has 1 fully saturated rings. The van der Waals surface area contributed by atoms with E-state index in [1.165, 1.54) is 0 Å². The largest absolute Gasteiger partial charge is 0.384 e. The zero-order chi connectivity index (χ0) is 11.3. The molecule has 0 aromatic carbocycles. The smallest absolute Gasteiger partial charge is 0.228 e. The summed E-state index contributed by atoms with van der Waals surface area (Å²) in [5.74, 6) is 0.739. The number of rotatable bonds is 4. The Morgan fingerprint density at radius 3 is 3.00 bits per heavy atom. The van der Waals surface area contributed by atoms with E-state index in [0.717, 1.165) is 6.54 Å². The summed E-state index contributed by atoms with van der Waals surface area (Å²) in [5.41, 5.74) is 8.11. The van der Waals surface area contributed by atoms with Crippen LogP contribution < -0.4 is 0 Å². The van der Waals surface area contributed by atoms with E-state index in [1.807, 2.05) is 0 Å². The van der Waals surface area contributed by atoms with Crippen LogP contribution in [0.1, 0.15) is 6.92 Å². The Kier molecular flexibility index (Phi) is 4.39. The van der Waals surface area contributed by atoms with Crippen molar-refractivity contribution in [3.8, 4) is 0 Å². The first-order chi connectivity index (χ1) is 7.19. The third-order valence-electron chi connectivity index (χ3n) is 2.77. The van der Waals surface area contributed by atoms with E-state index in [0.29, 0.717) is 25.0 Å². The highest BCUT2D eigenvalue weighted by molar-refractivity contribution is 5.78. The minimum atomic E-state index is -0.0988. The van der Waals surface area contributed by atoms with Gasteiger partial charge >= 0.3 is 0 Å². The third kappa shape index (κ3) is 3.11. The minimum absolute atomic E-state index is 0.0804. The molecule has 2 atom stereocenters. The zero-order valence-corrected chi connectivity index (χ0v) is 9.09. The maximum absolute atomic E-state index is 11.5. The van der Waals surface area contributed by atoms with Crippen LogP contribution in [-0.4, -0.2) is 44.2 Å². The number of methoxy groups -OCH3 is 1. The Morgan fingerprint density at radius 1 is 1.67 bits per heavy atom.